The summed E-state index contributed by atoms with van der Waals surface area (Å²) in [5.74, 6) is -0.417. The zero-order valence-corrected chi connectivity index (χ0v) is 19.5. The summed E-state index contributed by atoms with van der Waals surface area (Å²) < 4.78 is 50.0. The number of hydrogen-bond acceptors (Lipinski definition) is 6. The number of benzene rings is 1. The minimum absolute atomic E-state index is 0.0630. The fraction of sp³-hybridized carbons (Fsp3) is 0.500. The number of carbonyl (C=O) groups excluding carboxylic acids is 1. The number of anilines is 2. The first-order valence-electron chi connectivity index (χ1n) is 11.6. The van der Waals surface area contributed by atoms with Crippen LogP contribution in [-0.4, -0.2) is 79.8 Å². The molecular weight excluding hydrogens is 465 g/mol. The van der Waals surface area contributed by atoms with E-state index in [-0.39, 0.29) is 32.7 Å². The highest BCUT2D eigenvalue weighted by molar-refractivity contribution is 5.90. The van der Waals surface area contributed by atoms with Crippen molar-refractivity contribution in [3.63, 3.8) is 0 Å². The Labute approximate surface area is 201 Å². The van der Waals surface area contributed by atoms with E-state index in [2.05, 4.69) is 15.2 Å². The third-order valence-electron chi connectivity index (χ3n) is 6.20. The lowest BCUT2D eigenvalue weighted by Gasteiger charge is -2.28. The molecule has 2 aromatic rings. The van der Waals surface area contributed by atoms with Crippen molar-refractivity contribution in [3.8, 4) is 17.0 Å². The molecule has 11 heteroatoms. The van der Waals surface area contributed by atoms with E-state index in [4.69, 9.17) is 14.6 Å². The van der Waals surface area contributed by atoms with Gasteiger partial charge in [0, 0.05) is 37.9 Å². The Hall–Kier alpha value is -3.05. The van der Waals surface area contributed by atoms with Gasteiger partial charge in [0.15, 0.2) is 0 Å². The number of halogens is 3. The number of aliphatic hydroxyl groups excluding tert-OH is 1. The second-order valence-electron chi connectivity index (χ2n) is 8.66. The number of pyridine rings is 1. The molecular formula is C24H29F3N4O4. The van der Waals surface area contributed by atoms with Gasteiger partial charge in [-0.3, -0.25) is 0 Å². The van der Waals surface area contributed by atoms with Crippen molar-refractivity contribution >= 4 is 17.5 Å². The molecule has 1 aromatic heterocycles. The first kappa shape index (κ1) is 25.1. The van der Waals surface area contributed by atoms with E-state index in [1.807, 2.05) is 19.1 Å². The molecule has 2 fully saturated rings. The van der Waals surface area contributed by atoms with Crippen LogP contribution >= 0.6 is 0 Å². The Bertz CT molecular complexity index is 1040. The van der Waals surface area contributed by atoms with E-state index in [1.54, 1.807) is 18.2 Å². The number of carbonyl (C=O) groups is 1. The third kappa shape index (κ3) is 6.15. The number of likely N-dealkylation sites (tertiary alicyclic amines) is 1. The monoisotopic (exact) mass is 494 g/mol. The Morgan fingerprint density at radius 2 is 2.00 bits per heavy atom. The number of rotatable bonds is 6. The summed E-state index contributed by atoms with van der Waals surface area (Å²) in [6, 6.07) is 8.50. The van der Waals surface area contributed by atoms with Crippen molar-refractivity contribution in [3.05, 3.63) is 35.9 Å². The molecule has 2 saturated heterocycles. The molecule has 0 aliphatic carbocycles. The van der Waals surface area contributed by atoms with Crippen LogP contribution in [0.4, 0.5) is 29.5 Å². The smallest absolute Gasteiger partial charge is 0.393 e. The highest BCUT2D eigenvalue weighted by Crippen LogP contribution is 2.35. The van der Waals surface area contributed by atoms with Gasteiger partial charge in [0.1, 0.15) is 12.4 Å². The number of alkyl halides is 3. The first-order chi connectivity index (χ1) is 16.7. The van der Waals surface area contributed by atoms with Crippen molar-refractivity contribution in [2.45, 2.75) is 19.5 Å². The van der Waals surface area contributed by atoms with Crippen LogP contribution in [0.5, 0.6) is 5.88 Å². The first-order valence-corrected chi connectivity index (χ1v) is 11.6. The zero-order valence-electron chi connectivity index (χ0n) is 19.5. The summed E-state index contributed by atoms with van der Waals surface area (Å²) in [5, 5.41) is 11.9. The molecule has 0 radical (unpaired) electrons. The van der Waals surface area contributed by atoms with Gasteiger partial charge in [0.25, 0.3) is 0 Å². The van der Waals surface area contributed by atoms with Crippen LogP contribution in [0.15, 0.2) is 30.3 Å². The van der Waals surface area contributed by atoms with Crippen LogP contribution < -0.4 is 15.0 Å². The van der Waals surface area contributed by atoms with Gasteiger partial charge in [-0.2, -0.15) is 18.2 Å². The average Bonchev–Trinajstić information content (AvgIpc) is 3.36. The van der Waals surface area contributed by atoms with Gasteiger partial charge < -0.3 is 29.7 Å². The van der Waals surface area contributed by atoms with Gasteiger partial charge in [-0.05, 0) is 48.2 Å². The highest BCUT2D eigenvalue weighted by Gasteiger charge is 2.44. The van der Waals surface area contributed by atoms with Crippen molar-refractivity contribution in [2.75, 3.05) is 62.8 Å². The number of urea groups is 1. The lowest BCUT2D eigenvalue weighted by Crippen LogP contribution is -2.36. The van der Waals surface area contributed by atoms with E-state index in [1.165, 1.54) is 4.90 Å². The quantitative estimate of drug-likeness (QED) is 0.637. The second kappa shape index (κ2) is 10.7. The number of morpholine rings is 1. The molecule has 0 bridgehead atoms. The van der Waals surface area contributed by atoms with Crippen molar-refractivity contribution in [1.82, 2.24) is 9.88 Å². The normalized spacial score (nSPS) is 18.6. The molecule has 3 heterocycles. The Morgan fingerprint density at radius 1 is 1.23 bits per heavy atom. The summed E-state index contributed by atoms with van der Waals surface area (Å²) in [6.07, 6.45) is -4.39. The van der Waals surface area contributed by atoms with E-state index < -0.39 is 18.1 Å². The molecule has 2 N–H and O–H groups in total. The molecule has 0 unspecified atom stereocenters. The molecule has 35 heavy (non-hydrogen) atoms. The van der Waals surface area contributed by atoms with E-state index in [0.29, 0.717) is 43.7 Å². The highest BCUT2D eigenvalue weighted by atomic mass is 19.4. The van der Waals surface area contributed by atoms with Crippen LogP contribution in [0.3, 0.4) is 0 Å². The molecule has 4 rings (SSSR count). The number of nitrogens with zero attached hydrogens (tertiary/aromatic N) is 3. The van der Waals surface area contributed by atoms with Crippen LogP contribution in [0.2, 0.25) is 0 Å². The zero-order chi connectivity index (χ0) is 25.0. The van der Waals surface area contributed by atoms with Gasteiger partial charge in [-0.15, -0.1) is 0 Å². The fourth-order valence-corrected chi connectivity index (χ4v) is 4.25. The third-order valence-corrected chi connectivity index (χ3v) is 6.20. The fourth-order valence-electron chi connectivity index (χ4n) is 4.25. The maximum absolute atomic E-state index is 13.0. The van der Waals surface area contributed by atoms with E-state index >= 15 is 0 Å². The minimum Gasteiger partial charge on any atom is -0.475 e. The van der Waals surface area contributed by atoms with Crippen LogP contribution in [0.1, 0.15) is 12.0 Å². The van der Waals surface area contributed by atoms with Crippen LogP contribution in [-0.2, 0) is 4.74 Å². The lowest BCUT2D eigenvalue weighted by molar-refractivity contribution is -0.169. The number of aromatic nitrogens is 1. The molecule has 8 nitrogen and oxygen atoms in total. The Morgan fingerprint density at radius 3 is 2.69 bits per heavy atom. The summed E-state index contributed by atoms with van der Waals surface area (Å²) in [6.45, 7) is 4.14. The van der Waals surface area contributed by atoms with E-state index in [9.17, 15) is 18.0 Å². The van der Waals surface area contributed by atoms with Gasteiger partial charge in [0.2, 0.25) is 5.88 Å². The maximum Gasteiger partial charge on any atom is 0.393 e. The molecule has 0 spiro atoms. The SMILES string of the molecule is Cc1ccc(NC(=O)N2CC[C@H](C(F)(F)F)C2)cc1-c1cc(OCCO)nc(N2CCOCC2)c1. The largest absolute Gasteiger partial charge is 0.475 e. The van der Waals surface area contributed by atoms with Crippen molar-refractivity contribution < 1.29 is 32.5 Å². The molecule has 1 aromatic carbocycles. The Balaban J connectivity index is 1.57. The number of ether oxygens (including phenoxy) is 2. The van der Waals surface area contributed by atoms with E-state index in [0.717, 1.165) is 16.7 Å². The predicted molar refractivity (Wildman–Crippen MR) is 125 cm³/mol. The van der Waals surface area contributed by atoms with Crippen molar-refractivity contribution in [1.29, 1.82) is 0 Å². The van der Waals surface area contributed by atoms with Gasteiger partial charge in [-0.25, -0.2) is 4.79 Å². The topological polar surface area (TPSA) is 87.2 Å². The summed E-state index contributed by atoms with van der Waals surface area (Å²) in [5.41, 5.74) is 3.05. The number of amides is 2. The molecule has 1 atom stereocenters. The van der Waals surface area contributed by atoms with Crippen LogP contribution in [0, 0.1) is 12.8 Å². The molecule has 190 valence electrons. The van der Waals surface area contributed by atoms with Gasteiger partial charge >= 0.3 is 12.2 Å². The number of aliphatic hydroxyl groups is 1. The van der Waals surface area contributed by atoms with Gasteiger partial charge in [0.05, 0.1) is 25.7 Å². The molecule has 2 aliphatic rings. The minimum atomic E-state index is -4.30. The maximum atomic E-state index is 13.0. The summed E-state index contributed by atoms with van der Waals surface area (Å²) in [4.78, 5) is 20.5. The molecule has 2 aliphatic heterocycles. The number of hydrogen-bond donors (Lipinski definition) is 2. The Kier molecular flexibility index (Phi) is 7.66. The lowest BCUT2D eigenvalue weighted by atomic mass is 10.0. The standard InChI is InChI=1S/C24H29F3N4O4/c1-16-2-3-19(28-23(33)31-5-4-18(15-31)24(25,26)27)14-20(16)17-12-21(30-6-9-34-10-7-30)29-22(13-17)35-11-8-32/h2-3,12-14,18,32H,4-11,15H2,1H3,(H,28,33)/t18-/m0/s1. The number of aryl methyl sites for hydroxylation is 1. The van der Waals surface area contributed by atoms with Crippen molar-refractivity contribution in [2.24, 2.45) is 5.92 Å². The predicted octanol–water partition coefficient (Wildman–Crippen LogP) is 3.68. The average molecular weight is 495 g/mol. The molecule has 2 amide bonds. The number of nitrogens with one attached hydrogen (secondary N) is 1. The second-order valence-corrected chi connectivity index (χ2v) is 8.66. The van der Waals surface area contributed by atoms with Gasteiger partial charge in [-0.1, -0.05) is 6.07 Å². The summed E-state index contributed by atoms with van der Waals surface area (Å²) >= 11 is 0. The molecule has 0 saturated carbocycles. The summed E-state index contributed by atoms with van der Waals surface area (Å²) in [7, 11) is 0. The van der Waals surface area contributed by atoms with Crippen LogP contribution in [0.25, 0.3) is 11.1 Å².